The Labute approximate surface area is 119 Å². The number of nitrogens with zero attached hydrogens (tertiary/aromatic N) is 3. The molecule has 5 heteroatoms. The SMILES string of the molecule is Oc1ccc2c3ccc(O)cc3n(-c3ncccn3)c2c1. The van der Waals surface area contributed by atoms with Gasteiger partial charge in [-0.25, -0.2) is 9.97 Å². The number of hydrogen-bond acceptors (Lipinski definition) is 4. The van der Waals surface area contributed by atoms with E-state index < -0.39 is 0 Å². The molecule has 0 amide bonds. The molecule has 0 radical (unpaired) electrons. The Kier molecular flexibility index (Phi) is 2.35. The van der Waals surface area contributed by atoms with Gasteiger partial charge in [-0.15, -0.1) is 0 Å². The molecule has 0 aliphatic carbocycles. The third kappa shape index (κ3) is 1.71. The van der Waals surface area contributed by atoms with Crippen molar-refractivity contribution in [2.45, 2.75) is 0 Å². The molecule has 0 spiro atoms. The molecule has 2 aromatic carbocycles. The molecular formula is C16H11N3O2. The van der Waals surface area contributed by atoms with Crippen LogP contribution in [0.3, 0.4) is 0 Å². The Morgan fingerprint density at radius 1 is 0.762 bits per heavy atom. The van der Waals surface area contributed by atoms with Gasteiger partial charge in [0.1, 0.15) is 11.5 Å². The number of phenolic OH excluding ortho intramolecular Hbond substituents is 2. The summed E-state index contributed by atoms with van der Waals surface area (Å²) in [6.07, 6.45) is 3.32. The lowest BCUT2D eigenvalue weighted by atomic mass is 10.1. The van der Waals surface area contributed by atoms with Gasteiger partial charge in [-0.2, -0.15) is 0 Å². The average Bonchev–Trinajstić information content (AvgIpc) is 2.80. The third-order valence-corrected chi connectivity index (χ3v) is 3.49. The number of rotatable bonds is 1. The Bertz CT molecular complexity index is 902. The third-order valence-electron chi connectivity index (χ3n) is 3.49. The molecule has 2 N–H and O–H groups in total. The number of fused-ring (bicyclic) bond motifs is 3. The zero-order valence-corrected chi connectivity index (χ0v) is 10.9. The van der Waals surface area contributed by atoms with E-state index in [1.54, 1.807) is 42.7 Å². The molecule has 0 aliphatic rings. The van der Waals surface area contributed by atoms with Gasteiger partial charge in [0.2, 0.25) is 5.95 Å². The first-order valence-electron chi connectivity index (χ1n) is 6.47. The van der Waals surface area contributed by atoms with Gasteiger partial charge in [0.25, 0.3) is 0 Å². The summed E-state index contributed by atoms with van der Waals surface area (Å²) < 4.78 is 1.82. The molecular weight excluding hydrogens is 266 g/mol. The fourth-order valence-electron chi connectivity index (χ4n) is 2.62. The molecule has 0 saturated carbocycles. The lowest BCUT2D eigenvalue weighted by Crippen LogP contribution is -1.99. The number of benzene rings is 2. The molecule has 102 valence electrons. The highest BCUT2D eigenvalue weighted by atomic mass is 16.3. The van der Waals surface area contributed by atoms with Gasteiger partial charge in [0.05, 0.1) is 11.0 Å². The van der Waals surface area contributed by atoms with E-state index in [4.69, 9.17) is 0 Å². The zero-order valence-electron chi connectivity index (χ0n) is 10.9. The van der Waals surface area contributed by atoms with E-state index in [0.717, 1.165) is 21.8 Å². The largest absolute Gasteiger partial charge is 0.508 e. The Morgan fingerprint density at radius 3 is 1.81 bits per heavy atom. The van der Waals surface area contributed by atoms with Crippen LogP contribution in [0, 0.1) is 0 Å². The molecule has 4 aromatic rings. The van der Waals surface area contributed by atoms with Crippen LogP contribution < -0.4 is 0 Å². The van der Waals surface area contributed by atoms with Crippen molar-refractivity contribution in [3.63, 3.8) is 0 Å². The Morgan fingerprint density at radius 2 is 1.29 bits per heavy atom. The van der Waals surface area contributed by atoms with Crippen LogP contribution in [0.25, 0.3) is 27.8 Å². The van der Waals surface area contributed by atoms with Gasteiger partial charge in [-0.3, -0.25) is 4.57 Å². The molecule has 0 fully saturated rings. The maximum absolute atomic E-state index is 9.78. The Balaban J connectivity index is 2.24. The topological polar surface area (TPSA) is 71.2 Å². The number of aromatic hydroxyl groups is 2. The van der Waals surface area contributed by atoms with Crippen molar-refractivity contribution < 1.29 is 10.2 Å². The fourth-order valence-corrected chi connectivity index (χ4v) is 2.62. The lowest BCUT2D eigenvalue weighted by molar-refractivity contribution is 0.475. The second-order valence-corrected chi connectivity index (χ2v) is 4.79. The maximum Gasteiger partial charge on any atom is 0.234 e. The smallest absolute Gasteiger partial charge is 0.234 e. The molecule has 0 bridgehead atoms. The van der Waals surface area contributed by atoms with E-state index in [1.165, 1.54) is 0 Å². The molecule has 0 unspecified atom stereocenters. The molecule has 5 nitrogen and oxygen atoms in total. The first kappa shape index (κ1) is 11.7. The molecule has 4 rings (SSSR count). The molecule has 0 aliphatic heterocycles. The van der Waals surface area contributed by atoms with Crippen molar-refractivity contribution in [2.75, 3.05) is 0 Å². The van der Waals surface area contributed by atoms with Crippen LogP contribution in [-0.4, -0.2) is 24.7 Å². The van der Waals surface area contributed by atoms with Gasteiger partial charge >= 0.3 is 0 Å². The summed E-state index contributed by atoms with van der Waals surface area (Å²) in [4.78, 5) is 8.54. The van der Waals surface area contributed by atoms with Crippen LogP contribution in [0.2, 0.25) is 0 Å². The zero-order chi connectivity index (χ0) is 14.4. The van der Waals surface area contributed by atoms with Crippen LogP contribution in [0.4, 0.5) is 0 Å². The molecule has 0 atom stereocenters. The van der Waals surface area contributed by atoms with Crippen LogP contribution >= 0.6 is 0 Å². The molecule has 0 saturated heterocycles. The van der Waals surface area contributed by atoms with E-state index in [1.807, 2.05) is 16.7 Å². The lowest BCUT2D eigenvalue weighted by Gasteiger charge is -2.05. The van der Waals surface area contributed by atoms with Gasteiger partial charge in [0.15, 0.2) is 0 Å². The Hall–Kier alpha value is -3.08. The second-order valence-electron chi connectivity index (χ2n) is 4.79. The fraction of sp³-hybridized carbons (Fsp3) is 0. The van der Waals surface area contributed by atoms with Gasteiger partial charge in [0, 0.05) is 35.3 Å². The van der Waals surface area contributed by atoms with E-state index in [0.29, 0.717) is 5.95 Å². The highest BCUT2D eigenvalue weighted by Crippen LogP contribution is 2.34. The van der Waals surface area contributed by atoms with E-state index in [9.17, 15) is 10.2 Å². The summed E-state index contributed by atoms with van der Waals surface area (Å²) in [5.74, 6) is 0.840. The van der Waals surface area contributed by atoms with Gasteiger partial charge in [-0.05, 0) is 30.3 Å². The maximum atomic E-state index is 9.78. The monoisotopic (exact) mass is 277 g/mol. The predicted octanol–water partition coefficient (Wildman–Crippen LogP) is 2.98. The van der Waals surface area contributed by atoms with E-state index in [-0.39, 0.29) is 11.5 Å². The summed E-state index contributed by atoms with van der Waals surface area (Å²) in [6, 6.07) is 12.1. The summed E-state index contributed by atoms with van der Waals surface area (Å²) in [5.41, 5.74) is 1.59. The minimum Gasteiger partial charge on any atom is -0.508 e. The van der Waals surface area contributed by atoms with Crippen LogP contribution in [0.15, 0.2) is 54.9 Å². The number of phenols is 2. The van der Waals surface area contributed by atoms with Crippen LogP contribution in [-0.2, 0) is 0 Å². The minimum absolute atomic E-state index is 0.173. The summed E-state index contributed by atoms with van der Waals surface area (Å²) in [7, 11) is 0. The van der Waals surface area contributed by atoms with Crippen molar-refractivity contribution in [1.29, 1.82) is 0 Å². The van der Waals surface area contributed by atoms with Crippen molar-refractivity contribution >= 4 is 21.8 Å². The summed E-state index contributed by atoms with van der Waals surface area (Å²) in [5, 5.41) is 21.5. The quantitative estimate of drug-likeness (QED) is 0.561. The normalized spacial score (nSPS) is 11.2. The summed E-state index contributed by atoms with van der Waals surface area (Å²) in [6.45, 7) is 0. The standard InChI is InChI=1S/C16H11N3O2/c20-10-2-4-12-13-5-3-11(21)9-15(13)19(14(12)8-10)16-17-6-1-7-18-16/h1-9,20-21H. The highest BCUT2D eigenvalue weighted by Gasteiger charge is 2.14. The van der Waals surface area contributed by atoms with Crippen molar-refractivity contribution in [3.05, 3.63) is 54.9 Å². The van der Waals surface area contributed by atoms with Crippen molar-refractivity contribution in [2.24, 2.45) is 0 Å². The average molecular weight is 277 g/mol. The second kappa shape index (κ2) is 4.21. The van der Waals surface area contributed by atoms with Crippen molar-refractivity contribution in [3.8, 4) is 17.4 Å². The summed E-state index contributed by atoms with van der Waals surface area (Å²) >= 11 is 0. The van der Waals surface area contributed by atoms with Crippen molar-refractivity contribution in [1.82, 2.24) is 14.5 Å². The van der Waals surface area contributed by atoms with Gasteiger partial charge < -0.3 is 10.2 Å². The minimum atomic E-state index is 0.173. The van der Waals surface area contributed by atoms with Gasteiger partial charge in [-0.1, -0.05) is 0 Å². The molecule has 21 heavy (non-hydrogen) atoms. The molecule has 2 heterocycles. The van der Waals surface area contributed by atoms with E-state index in [2.05, 4.69) is 9.97 Å². The predicted molar refractivity (Wildman–Crippen MR) is 79.7 cm³/mol. The number of hydrogen-bond donors (Lipinski definition) is 2. The first-order valence-corrected chi connectivity index (χ1v) is 6.47. The van der Waals surface area contributed by atoms with Crippen LogP contribution in [0.1, 0.15) is 0 Å². The number of aromatic nitrogens is 3. The van der Waals surface area contributed by atoms with E-state index >= 15 is 0 Å². The first-order chi connectivity index (χ1) is 10.2. The molecule has 2 aromatic heterocycles. The van der Waals surface area contributed by atoms with Crippen LogP contribution in [0.5, 0.6) is 11.5 Å². The highest BCUT2D eigenvalue weighted by molar-refractivity contribution is 6.09.